The van der Waals surface area contributed by atoms with Gasteiger partial charge in [0.1, 0.15) is 17.4 Å². The van der Waals surface area contributed by atoms with Crippen molar-refractivity contribution in [2.24, 2.45) is 11.7 Å². The minimum Gasteiger partial charge on any atom is -0.365 e. The van der Waals surface area contributed by atoms with Crippen LogP contribution in [0.4, 0.5) is 5.82 Å². The third kappa shape index (κ3) is 3.51. The van der Waals surface area contributed by atoms with Gasteiger partial charge in [-0.05, 0) is 32.6 Å². The fourth-order valence-electron chi connectivity index (χ4n) is 2.09. The van der Waals surface area contributed by atoms with Crippen molar-refractivity contribution in [1.82, 2.24) is 9.97 Å². The Morgan fingerprint density at radius 3 is 2.75 bits per heavy atom. The zero-order chi connectivity index (χ0) is 14.9. The summed E-state index contributed by atoms with van der Waals surface area (Å²) >= 11 is -2.03. The predicted octanol–water partition coefficient (Wildman–Crippen LogP) is 0.898. The number of carbonyl (C=O) groups excluding carboxylic acids is 1. The SMILES string of the molecule is CC(C)(Nc1nc(CS(=O)O)ncc1C(N)=O)C1CC1. The van der Waals surface area contributed by atoms with E-state index in [9.17, 15) is 9.00 Å². The van der Waals surface area contributed by atoms with Crippen LogP contribution in [-0.4, -0.2) is 30.2 Å². The molecule has 0 bridgehead atoms. The maximum absolute atomic E-state index is 11.4. The van der Waals surface area contributed by atoms with Crippen molar-refractivity contribution in [3.63, 3.8) is 0 Å². The first kappa shape index (κ1) is 14.9. The maximum atomic E-state index is 11.4. The van der Waals surface area contributed by atoms with Gasteiger partial charge in [-0.2, -0.15) is 0 Å². The summed E-state index contributed by atoms with van der Waals surface area (Å²) in [7, 11) is 0. The van der Waals surface area contributed by atoms with E-state index in [0.717, 1.165) is 12.8 Å². The molecule has 4 N–H and O–H groups in total. The molecule has 1 aliphatic rings. The molecule has 1 heterocycles. The molecular weight excluding hydrogens is 280 g/mol. The number of anilines is 1. The first-order valence-corrected chi connectivity index (χ1v) is 7.58. The molecule has 1 atom stereocenters. The van der Waals surface area contributed by atoms with E-state index in [2.05, 4.69) is 15.3 Å². The van der Waals surface area contributed by atoms with Crippen molar-refractivity contribution < 1.29 is 13.6 Å². The summed E-state index contributed by atoms with van der Waals surface area (Å²) in [6, 6.07) is 0. The van der Waals surface area contributed by atoms with Crippen LogP contribution in [-0.2, 0) is 16.8 Å². The fraction of sp³-hybridized carbons (Fsp3) is 0.583. The number of primary amides is 1. The summed E-state index contributed by atoms with van der Waals surface area (Å²) in [5, 5.41) is 3.21. The smallest absolute Gasteiger partial charge is 0.254 e. The van der Waals surface area contributed by atoms with Crippen molar-refractivity contribution in [2.45, 2.75) is 38.0 Å². The Kier molecular flexibility index (Phi) is 4.05. The monoisotopic (exact) mass is 298 g/mol. The number of hydrogen-bond acceptors (Lipinski definition) is 5. The van der Waals surface area contributed by atoms with Gasteiger partial charge in [-0.3, -0.25) is 4.79 Å². The highest BCUT2D eigenvalue weighted by molar-refractivity contribution is 7.78. The Hall–Kier alpha value is -1.54. The molecule has 0 saturated heterocycles. The molecule has 1 aromatic heterocycles. The lowest BCUT2D eigenvalue weighted by molar-refractivity contribution is 0.100. The number of amides is 1. The zero-order valence-corrected chi connectivity index (χ0v) is 12.2. The minimum atomic E-state index is -2.03. The summed E-state index contributed by atoms with van der Waals surface area (Å²) in [5.41, 5.74) is 5.28. The number of rotatable bonds is 6. The standard InChI is InChI=1S/C12H18N4O3S/c1-12(2,7-3-4-7)16-11-8(10(13)17)5-14-9(15-11)6-20(18)19/h5,7H,3-4,6H2,1-2H3,(H2,13,17)(H,18,19)(H,14,15,16). The van der Waals surface area contributed by atoms with Gasteiger partial charge < -0.3 is 15.6 Å². The van der Waals surface area contributed by atoms with Gasteiger partial charge in [0.05, 0.1) is 5.56 Å². The van der Waals surface area contributed by atoms with Crippen LogP contribution in [0, 0.1) is 5.92 Å². The topological polar surface area (TPSA) is 118 Å². The number of nitrogens with zero attached hydrogens (tertiary/aromatic N) is 2. The summed E-state index contributed by atoms with van der Waals surface area (Å²) in [5.74, 6) is 0.233. The van der Waals surface area contributed by atoms with E-state index in [1.54, 1.807) is 0 Å². The Labute approximate surface area is 119 Å². The van der Waals surface area contributed by atoms with E-state index in [4.69, 9.17) is 10.3 Å². The van der Waals surface area contributed by atoms with Gasteiger partial charge in [0.2, 0.25) is 0 Å². The van der Waals surface area contributed by atoms with Crippen LogP contribution in [0.2, 0.25) is 0 Å². The Balaban J connectivity index is 2.31. The quantitative estimate of drug-likeness (QED) is 0.671. The Morgan fingerprint density at radius 1 is 1.60 bits per heavy atom. The second kappa shape index (κ2) is 5.45. The number of nitrogens with one attached hydrogen (secondary N) is 1. The molecule has 7 nitrogen and oxygen atoms in total. The summed E-state index contributed by atoms with van der Waals surface area (Å²) in [6.07, 6.45) is 3.55. The highest BCUT2D eigenvalue weighted by Crippen LogP contribution is 2.41. The molecule has 0 radical (unpaired) electrons. The molecule has 0 spiro atoms. The lowest BCUT2D eigenvalue weighted by Crippen LogP contribution is -2.35. The second-order valence-electron chi connectivity index (χ2n) is 5.50. The van der Waals surface area contributed by atoms with E-state index in [-0.39, 0.29) is 22.7 Å². The summed E-state index contributed by atoms with van der Waals surface area (Å²) in [6.45, 7) is 4.06. The summed E-state index contributed by atoms with van der Waals surface area (Å²) in [4.78, 5) is 19.5. The van der Waals surface area contributed by atoms with E-state index in [1.807, 2.05) is 13.8 Å². The third-order valence-electron chi connectivity index (χ3n) is 3.40. The van der Waals surface area contributed by atoms with Crippen molar-refractivity contribution >= 4 is 22.8 Å². The molecule has 1 saturated carbocycles. The van der Waals surface area contributed by atoms with Crippen molar-refractivity contribution in [3.8, 4) is 0 Å². The van der Waals surface area contributed by atoms with Crippen LogP contribution in [0.1, 0.15) is 42.9 Å². The average molecular weight is 298 g/mol. The lowest BCUT2D eigenvalue weighted by atomic mass is 9.98. The van der Waals surface area contributed by atoms with Crippen molar-refractivity contribution in [1.29, 1.82) is 0 Å². The van der Waals surface area contributed by atoms with Crippen LogP contribution in [0.3, 0.4) is 0 Å². The van der Waals surface area contributed by atoms with Gasteiger partial charge in [0.25, 0.3) is 5.91 Å². The molecule has 110 valence electrons. The maximum Gasteiger partial charge on any atom is 0.254 e. The molecule has 2 rings (SSSR count). The van der Waals surface area contributed by atoms with Crippen LogP contribution >= 0.6 is 0 Å². The number of carbonyl (C=O) groups is 1. The third-order valence-corrected chi connectivity index (χ3v) is 3.90. The van der Waals surface area contributed by atoms with Gasteiger partial charge in [-0.15, -0.1) is 0 Å². The largest absolute Gasteiger partial charge is 0.365 e. The Morgan fingerprint density at radius 2 is 2.25 bits per heavy atom. The van der Waals surface area contributed by atoms with Gasteiger partial charge in [0.15, 0.2) is 11.1 Å². The second-order valence-corrected chi connectivity index (χ2v) is 6.43. The number of hydrogen-bond donors (Lipinski definition) is 3. The van der Waals surface area contributed by atoms with Gasteiger partial charge in [0, 0.05) is 11.7 Å². The molecule has 1 aliphatic carbocycles. The number of aromatic nitrogens is 2. The minimum absolute atomic E-state index is 0.183. The molecule has 1 aromatic rings. The van der Waals surface area contributed by atoms with E-state index in [0.29, 0.717) is 11.7 Å². The Bertz CT molecular complexity index is 558. The molecule has 0 aromatic carbocycles. The van der Waals surface area contributed by atoms with E-state index in [1.165, 1.54) is 6.20 Å². The zero-order valence-electron chi connectivity index (χ0n) is 11.4. The fourth-order valence-corrected chi connectivity index (χ4v) is 2.45. The van der Waals surface area contributed by atoms with Crippen LogP contribution in [0.5, 0.6) is 0 Å². The molecule has 0 aliphatic heterocycles. The molecular formula is C12H18N4O3S. The van der Waals surface area contributed by atoms with E-state index >= 15 is 0 Å². The average Bonchev–Trinajstić information content (AvgIpc) is 3.10. The summed E-state index contributed by atoms with van der Waals surface area (Å²) < 4.78 is 19.7. The van der Waals surface area contributed by atoms with Gasteiger partial charge in [-0.1, -0.05) is 0 Å². The van der Waals surface area contributed by atoms with Gasteiger partial charge in [-0.25, -0.2) is 14.2 Å². The molecule has 20 heavy (non-hydrogen) atoms. The highest BCUT2D eigenvalue weighted by atomic mass is 32.2. The normalized spacial score (nSPS) is 16.8. The molecule has 1 unspecified atom stereocenters. The lowest BCUT2D eigenvalue weighted by Gasteiger charge is -2.27. The van der Waals surface area contributed by atoms with Gasteiger partial charge >= 0.3 is 0 Å². The van der Waals surface area contributed by atoms with Crippen LogP contribution in [0.25, 0.3) is 0 Å². The molecule has 1 fully saturated rings. The van der Waals surface area contributed by atoms with E-state index < -0.39 is 17.0 Å². The van der Waals surface area contributed by atoms with Crippen LogP contribution < -0.4 is 11.1 Å². The first-order chi connectivity index (χ1) is 9.29. The number of nitrogens with two attached hydrogens (primary N) is 1. The highest BCUT2D eigenvalue weighted by Gasteiger charge is 2.38. The first-order valence-electron chi connectivity index (χ1n) is 6.31. The molecule has 1 amide bonds. The van der Waals surface area contributed by atoms with Crippen LogP contribution in [0.15, 0.2) is 6.20 Å². The predicted molar refractivity (Wildman–Crippen MR) is 75.5 cm³/mol. The molecule has 8 heteroatoms. The van der Waals surface area contributed by atoms with Crippen molar-refractivity contribution in [3.05, 3.63) is 17.6 Å². The van der Waals surface area contributed by atoms with Crippen molar-refractivity contribution in [2.75, 3.05) is 5.32 Å².